The van der Waals surface area contributed by atoms with Crippen molar-refractivity contribution in [2.24, 2.45) is 5.14 Å². The van der Waals surface area contributed by atoms with E-state index in [1.54, 1.807) is 30.3 Å². The van der Waals surface area contributed by atoms with Gasteiger partial charge in [-0.15, -0.1) is 0 Å². The standard InChI is InChI=1S/C18H18ClN5O3S/c19-14-5-3-4-13(12-14)17-21-18(27-22-17)24-10-8-23(9-11-24)15-6-1-2-7-16(15)28(20,25)26/h1-7,12H,8-11H2,(H2,20,25,26). The molecular weight excluding hydrogens is 402 g/mol. The van der Waals surface area contributed by atoms with Crippen LogP contribution in [0.25, 0.3) is 11.4 Å². The second-order valence-corrected chi connectivity index (χ2v) is 8.36. The molecule has 2 heterocycles. The van der Waals surface area contributed by atoms with Crippen LogP contribution in [0.3, 0.4) is 0 Å². The van der Waals surface area contributed by atoms with Gasteiger partial charge in [-0.2, -0.15) is 4.98 Å². The SMILES string of the molecule is NS(=O)(=O)c1ccccc1N1CCN(c2nc(-c3cccc(Cl)c3)no2)CC1. The minimum atomic E-state index is -3.79. The van der Waals surface area contributed by atoms with Crippen molar-refractivity contribution in [3.63, 3.8) is 0 Å². The first-order valence-electron chi connectivity index (χ1n) is 8.63. The Kier molecular flexibility index (Phi) is 4.96. The van der Waals surface area contributed by atoms with Gasteiger partial charge >= 0.3 is 6.01 Å². The van der Waals surface area contributed by atoms with E-state index >= 15 is 0 Å². The van der Waals surface area contributed by atoms with Gasteiger partial charge in [0.1, 0.15) is 4.90 Å². The summed E-state index contributed by atoms with van der Waals surface area (Å²) in [6.07, 6.45) is 0. The molecule has 1 aliphatic rings. The molecule has 8 nitrogen and oxygen atoms in total. The van der Waals surface area contributed by atoms with E-state index in [-0.39, 0.29) is 4.90 Å². The van der Waals surface area contributed by atoms with Gasteiger partial charge in [-0.05, 0) is 24.3 Å². The number of nitrogens with two attached hydrogens (primary N) is 1. The summed E-state index contributed by atoms with van der Waals surface area (Å²) in [6.45, 7) is 2.41. The van der Waals surface area contributed by atoms with Gasteiger partial charge in [-0.25, -0.2) is 13.6 Å². The van der Waals surface area contributed by atoms with E-state index in [0.717, 1.165) is 5.56 Å². The lowest BCUT2D eigenvalue weighted by Crippen LogP contribution is -2.47. The summed E-state index contributed by atoms with van der Waals surface area (Å²) in [5, 5.41) is 9.98. The Hall–Kier alpha value is -2.62. The predicted molar refractivity (Wildman–Crippen MR) is 107 cm³/mol. The zero-order chi connectivity index (χ0) is 19.7. The van der Waals surface area contributed by atoms with E-state index in [4.69, 9.17) is 21.3 Å². The Labute approximate surface area is 167 Å². The van der Waals surface area contributed by atoms with Crippen LogP contribution in [0.15, 0.2) is 57.9 Å². The number of rotatable bonds is 4. The smallest absolute Gasteiger partial charge is 0.324 e. The summed E-state index contributed by atoms with van der Waals surface area (Å²) in [7, 11) is -3.79. The van der Waals surface area contributed by atoms with Crippen LogP contribution in [0.2, 0.25) is 5.02 Å². The van der Waals surface area contributed by atoms with Crippen LogP contribution in [0, 0.1) is 0 Å². The summed E-state index contributed by atoms with van der Waals surface area (Å²) in [5.41, 5.74) is 1.39. The van der Waals surface area contributed by atoms with E-state index in [1.807, 2.05) is 21.9 Å². The highest BCUT2D eigenvalue weighted by Gasteiger charge is 2.25. The minimum Gasteiger partial charge on any atom is -0.367 e. The Balaban J connectivity index is 1.49. The quantitative estimate of drug-likeness (QED) is 0.691. The summed E-state index contributed by atoms with van der Waals surface area (Å²) in [4.78, 5) is 8.54. The number of piperazine rings is 1. The van der Waals surface area contributed by atoms with Gasteiger partial charge in [-0.3, -0.25) is 0 Å². The minimum absolute atomic E-state index is 0.129. The first kappa shape index (κ1) is 18.7. The molecule has 1 fully saturated rings. The monoisotopic (exact) mass is 419 g/mol. The lowest BCUT2D eigenvalue weighted by Gasteiger charge is -2.35. The molecule has 0 radical (unpaired) electrons. The largest absolute Gasteiger partial charge is 0.367 e. The molecule has 0 amide bonds. The predicted octanol–water partition coefficient (Wildman–Crippen LogP) is 2.36. The van der Waals surface area contributed by atoms with Crippen molar-refractivity contribution in [2.75, 3.05) is 36.0 Å². The van der Waals surface area contributed by atoms with Crippen LogP contribution in [-0.4, -0.2) is 44.7 Å². The number of primary sulfonamides is 1. The fourth-order valence-corrected chi connectivity index (χ4v) is 4.13. The maximum atomic E-state index is 11.8. The van der Waals surface area contributed by atoms with Gasteiger partial charge in [0.25, 0.3) is 0 Å². The van der Waals surface area contributed by atoms with Crippen molar-refractivity contribution >= 4 is 33.3 Å². The molecule has 28 heavy (non-hydrogen) atoms. The van der Waals surface area contributed by atoms with E-state index < -0.39 is 10.0 Å². The molecule has 1 saturated heterocycles. The van der Waals surface area contributed by atoms with Gasteiger partial charge in [-0.1, -0.05) is 41.0 Å². The number of para-hydroxylation sites is 1. The van der Waals surface area contributed by atoms with E-state index in [2.05, 4.69) is 10.1 Å². The third-order valence-electron chi connectivity index (χ3n) is 4.56. The summed E-state index contributed by atoms with van der Waals surface area (Å²) in [5.74, 6) is 0.472. The van der Waals surface area contributed by atoms with Crippen molar-refractivity contribution < 1.29 is 12.9 Å². The normalized spacial score (nSPS) is 15.1. The highest BCUT2D eigenvalue weighted by molar-refractivity contribution is 7.89. The van der Waals surface area contributed by atoms with Crippen molar-refractivity contribution in [3.8, 4) is 11.4 Å². The first-order chi connectivity index (χ1) is 13.4. The van der Waals surface area contributed by atoms with Crippen LogP contribution in [0.5, 0.6) is 0 Å². The molecule has 10 heteroatoms. The molecule has 0 bridgehead atoms. The second kappa shape index (κ2) is 7.42. The summed E-state index contributed by atoms with van der Waals surface area (Å²) in [6, 6.07) is 14.4. The van der Waals surface area contributed by atoms with Crippen LogP contribution in [-0.2, 0) is 10.0 Å². The van der Waals surface area contributed by atoms with Gasteiger partial charge in [0.2, 0.25) is 15.8 Å². The molecule has 0 unspecified atom stereocenters. The molecule has 2 N–H and O–H groups in total. The highest BCUT2D eigenvalue weighted by atomic mass is 35.5. The summed E-state index contributed by atoms with van der Waals surface area (Å²) >= 11 is 6.02. The zero-order valence-corrected chi connectivity index (χ0v) is 16.4. The fourth-order valence-electron chi connectivity index (χ4n) is 3.19. The van der Waals surface area contributed by atoms with Gasteiger partial charge in [0.05, 0.1) is 5.69 Å². The number of aromatic nitrogens is 2. The average molecular weight is 420 g/mol. The molecule has 3 aromatic rings. The first-order valence-corrected chi connectivity index (χ1v) is 10.6. The molecule has 146 valence electrons. The lowest BCUT2D eigenvalue weighted by atomic mass is 10.2. The molecule has 4 rings (SSSR count). The highest BCUT2D eigenvalue weighted by Crippen LogP contribution is 2.27. The Morgan fingerprint density at radius 3 is 2.43 bits per heavy atom. The maximum absolute atomic E-state index is 11.8. The number of nitrogens with zero attached hydrogens (tertiary/aromatic N) is 4. The number of hydrogen-bond donors (Lipinski definition) is 1. The molecule has 0 aliphatic carbocycles. The van der Waals surface area contributed by atoms with Gasteiger partial charge < -0.3 is 14.3 Å². The van der Waals surface area contributed by atoms with E-state index in [1.165, 1.54) is 6.07 Å². The average Bonchev–Trinajstić information content (AvgIpc) is 3.18. The molecule has 0 atom stereocenters. The van der Waals surface area contributed by atoms with Crippen molar-refractivity contribution in [1.82, 2.24) is 10.1 Å². The molecule has 0 saturated carbocycles. The van der Waals surface area contributed by atoms with Crippen molar-refractivity contribution in [1.29, 1.82) is 0 Å². The topological polar surface area (TPSA) is 106 Å². The van der Waals surface area contributed by atoms with Crippen molar-refractivity contribution in [3.05, 3.63) is 53.6 Å². The lowest BCUT2D eigenvalue weighted by molar-refractivity contribution is 0.409. The van der Waals surface area contributed by atoms with Crippen LogP contribution < -0.4 is 14.9 Å². The molecule has 0 spiro atoms. The Morgan fingerprint density at radius 1 is 1.00 bits per heavy atom. The Morgan fingerprint density at radius 2 is 1.71 bits per heavy atom. The Bertz CT molecular complexity index is 1090. The van der Waals surface area contributed by atoms with Crippen LogP contribution in [0.4, 0.5) is 11.7 Å². The molecular formula is C18H18ClN5O3S. The van der Waals surface area contributed by atoms with Gasteiger partial charge in [0.15, 0.2) is 0 Å². The second-order valence-electron chi connectivity index (χ2n) is 6.40. The van der Waals surface area contributed by atoms with Gasteiger partial charge in [0, 0.05) is 36.8 Å². The molecule has 2 aromatic carbocycles. The third-order valence-corrected chi connectivity index (χ3v) is 5.75. The third kappa shape index (κ3) is 3.82. The molecule has 1 aliphatic heterocycles. The zero-order valence-electron chi connectivity index (χ0n) is 14.8. The van der Waals surface area contributed by atoms with Crippen LogP contribution in [0.1, 0.15) is 0 Å². The van der Waals surface area contributed by atoms with Crippen molar-refractivity contribution in [2.45, 2.75) is 4.90 Å². The number of halogens is 1. The maximum Gasteiger partial charge on any atom is 0.324 e. The number of sulfonamides is 1. The van der Waals surface area contributed by atoms with E-state index in [9.17, 15) is 8.42 Å². The number of hydrogen-bond acceptors (Lipinski definition) is 7. The van der Waals surface area contributed by atoms with Crippen LogP contribution >= 0.6 is 11.6 Å². The number of benzene rings is 2. The fraction of sp³-hybridized carbons (Fsp3) is 0.222. The molecule has 1 aromatic heterocycles. The summed E-state index contributed by atoms with van der Waals surface area (Å²) < 4.78 is 29.1. The van der Waals surface area contributed by atoms with E-state index in [0.29, 0.717) is 48.7 Å². The number of anilines is 2.